The molecule has 0 aliphatic rings. The van der Waals surface area contributed by atoms with Crippen molar-refractivity contribution in [3.63, 3.8) is 0 Å². The van der Waals surface area contributed by atoms with E-state index in [-0.39, 0.29) is 12.2 Å². The molecule has 90 valence electrons. The van der Waals surface area contributed by atoms with E-state index in [1.54, 1.807) is 31.2 Å². The number of carbonyl (C=O) groups excluding carboxylic acids is 2. The molecule has 4 heteroatoms. The number of carbonyl (C=O) groups is 2. The lowest BCUT2D eigenvalue weighted by molar-refractivity contribution is -0.138. The number of hydrogen-bond acceptors (Lipinski definition) is 4. The van der Waals surface area contributed by atoms with Gasteiger partial charge in [-0.05, 0) is 19.1 Å². The van der Waals surface area contributed by atoms with Gasteiger partial charge in [-0.3, -0.25) is 4.79 Å². The fourth-order valence-corrected chi connectivity index (χ4v) is 1.14. The molecule has 0 bridgehead atoms. The van der Waals surface area contributed by atoms with Gasteiger partial charge in [0.15, 0.2) is 0 Å². The highest BCUT2D eigenvalue weighted by molar-refractivity contribution is 5.88. The number of ether oxygens (including phenoxy) is 2. The fourth-order valence-electron chi connectivity index (χ4n) is 1.14. The van der Waals surface area contributed by atoms with Crippen LogP contribution in [0.3, 0.4) is 0 Å². The molecule has 0 N–H and O–H groups in total. The van der Waals surface area contributed by atoms with Gasteiger partial charge in [0.05, 0.1) is 12.2 Å². The zero-order chi connectivity index (χ0) is 12.7. The molecule has 0 heterocycles. The highest BCUT2D eigenvalue weighted by Gasteiger charge is 2.08. The van der Waals surface area contributed by atoms with Gasteiger partial charge in [0.25, 0.3) is 0 Å². The predicted octanol–water partition coefficient (Wildman–Crippen LogP) is 2.00. The molecule has 1 aromatic rings. The molecule has 1 rings (SSSR count). The Balaban J connectivity index is 2.52. The molecule has 0 aliphatic carbocycles. The molecule has 17 heavy (non-hydrogen) atoms. The minimum absolute atomic E-state index is 0.0428. The number of rotatable bonds is 6. The molecular formula is C13H14O4. The van der Waals surface area contributed by atoms with Crippen molar-refractivity contribution in [1.82, 2.24) is 0 Å². The van der Waals surface area contributed by atoms with Crippen molar-refractivity contribution in [2.24, 2.45) is 0 Å². The Morgan fingerprint density at radius 2 is 2.24 bits per heavy atom. The first kappa shape index (κ1) is 13.0. The lowest BCUT2D eigenvalue weighted by Crippen LogP contribution is -2.13. The Morgan fingerprint density at radius 3 is 2.88 bits per heavy atom. The van der Waals surface area contributed by atoms with Crippen LogP contribution in [0, 0.1) is 0 Å². The summed E-state index contributed by atoms with van der Waals surface area (Å²) < 4.78 is 10.1. The Hall–Kier alpha value is -2.10. The highest BCUT2D eigenvalue weighted by Crippen LogP contribution is 2.12. The zero-order valence-electron chi connectivity index (χ0n) is 9.64. The minimum atomic E-state index is -0.473. The van der Waals surface area contributed by atoms with Gasteiger partial charge in [-0.2, -0.15) is 0 Å². The third-order valence-corrected chi connectivity index (χ3v) is 1.97. The first-order valence-corrected chi connectivity index (χ1v) is 5.20. The summed E-state index contributed by atoms with van der Waals surface area (Å²) in [5.74, 6) is 0.0408. The molecule has 0 radical (unpaired) electrons. The lowest BCUT2D eigenvalue weighted by atomic mass is 10.2. The predicted molar refractivity (Wildman–Crippen MR) is 63.1 cm³/mol. The number of benzene rings is 1. The van der Waals surface area contributed by atoms with Gasteiger partial charge in [0, 0.05) is 5.56 Å². The van der Waals surface area contributed by atoms with Crippen molar-refractivity contribution in [3.8, 4) is 5.75 Å². The smallest absolute Gasteiger partial charge is 0.336 e. The summed E-state index contributed by atoms with van der Waals surface area (Å²) in [4.78, 5) is 21.8. The van der Waals surface area contributed by atoms with E-state index >= 15 is 0 Å². The second kappa shape index (κ2) is 6.48. The van der Waals surface area contributed by atoms with E-state index in [4.69, 9.17) is 9.47 Å². The van der Waals surface area contributed by atoms with Crippen LogP contribution < -0.4 is 4.74 Å². The van der Waals surface area contributed by atoms with E-state index in [1.807, 2.05) is 0 Å². The molecule has 0 aromatic heterocycles. The third kappa shape index (κ3) is 4.10. The van der Waals surface area contributed by atoms with Crippen LogP contribution in [0.1, 0.15) is 17.3 Å². The van der Waals surface area contributed by atoms with Crippen LogP contribution in [-0.2, 0) is 9.53 Å². The van der Waals surface area contributed by atoms with Crippen LogP contribution in [0.4, 0.5) is 0 Å². The Morgan fingerprint density at radius 1 is 1.47 bits per heavy atom. The van der Waals surface area contributed by atoms with Crippen molar-refractivity contribution >= 4 is 12.3 Å². The van der Waals surface area contributed by atoms with E-state index < -0.39 is 5.97 Å². The van der Waals surface area contributed by atoms with Gasteiger partial charge in [-0.25, -0.2) is 4.79 Å². The summed E-state index contributed by atoms with van der Waals surface area (Å²) in [6, 6.07) is 6.66. The van der Waals surface area contributed by atoms with Crippen LogP contribution in [0.15, 0.2) is 36.4 Å². The molecule has 1 aromatic carbocycles. The summed E-state index contributed by atoms with van der Waals surface area (Å²) in [7, 11) is 0. The van der Waals surface area contributed by atoms with Gasteiger partial charge in [-0.1, -0.05) is 18.7 Å². The standard InChI is InChI=1S/C13H14O4/c1-3-16-13(15)10(2)9-17-12-6-4-5-11(7-12)8-14/h4-8H,2-3,9H2,1H3. The number of esters is 1. The monoisotopic (exact) mass is 234 g/mol. The topological polar surface area (TPSA) is 52.6 Å². The molecule has 0 saturated heterocycles. The van der Waals surface area contributed by atoms with Crippen molar-refractivity contribution in [2.45, 2.75) is 6.92 Å². The second-order valence-corrected chi connectivity index (χ2v) is 3.30. The SMILES string of the molecule is C=C(COc1cccc(C=O)c1)C(=O)OCC. The minimum Gasteiger partial charge on any atom is -0.489 e. The van der Waals surface area contributed by atoms with Crippen LogP contribution in [0.25, 0.3) is 0 Å². The van der Waals surface area contributed by atoms with Crippen molar-refractivity contribution in [3.05, 3.63) is 42.0 Å². The fraction of sp³-hybridized carbons (Fsp3) is 0.231. The first-order valence-electron chi connectivity index (χ1n) is 5.20. The Labute approximate surface area is 99.8 Å². The van der Waals surface area contributed by atoms with Gasteiger partial charge in [-0.15, -0.1) is 0 Å². The summed E-state index contributed by atoms with van der Waals surface area (Å²) in [5, 5.41) is 0. The molecule has 0 amide bonds. The summed E-state index contributed by atoms with van der Waals surface area (Å²) in [6.45, 7) is 5.63. The third-order valence-electron chi connectivity index (χ3n) is 1.97. The van der Waals surface area contributed by atoms with E-state index in [2.05, 4.69) is 6.58 Å². The van der Waals surface area contributed by atoms with Gasteiger partial charge in [0.1, 0.15) is 18.6 Å². The molecule has 0 unspecified atom stereocenters. The van der Waals surface area contributed by atoms with Crippen molar-refractivity contribution < 1.29 is 19.1 Å². The largest absolute Gasteiger partial charge is 0.489 e. The maximum Gasteiger partial charge on any atom is 0.336 e. The van der Waals surface area contributed by atoms with Crippen molar-refractivity contribution in [2.75, 3.05) is 13.2 Å². The summed E-state index contributed by atoms with van der Waals surface area (Å²) in [5.41, 5.74) is 0.757. The Kier molecular flexibility index (Phi) is 4.94. The van der Waals surface area contributed by atoms with Crippen molar-refractivity contribution in [1.29, 1.82) is 0 Å². The van der Waals surface area contributed by atoms with E-state index in [9.17, 15) is 9.59 Å². The molecule has 0 fully saturated rings. The Bertz CT molecular complexity index is 423. The number of aldehydes is 1. The average Bonchev–Trinajstić information content (AvgIpc) is 2.36. The molecule has 0 saturated carbocycles. The van der Waals surface area contributed by atoms with Crippen LogP contribution in [-0.4, -0.2) is 25.5 Å². The number of hydrogen-bond donors (Lipinski definition) is 0. The van der Waals surface area contributed by atoms with Crippen LogP contribution >= 0.6 is 0 Å². The molecule has 0 aliphatic heterocycles. The molecule has 0 atom stereocenters. The van der Waals surface area contributed by atoms with Gasteiger partial charge in [0.2, 0.25) is 0 Å². The molecular weight excluding hydrogens is 220 g/mol. The zero-order valence-corrected chi connectivity index (χ0v) is 9.64. The van der Waals surface area contributed by atoms with E-state index in [1.165, 1.54) is 0 Å². The maximum absolute atomic E-state index is 11.2. The molecule has 0 spiro atoms. The van der Waals surface area contributed by atoms with E-state index in [0.717, 1.165) is 6.29 Å². The lowest BCUT2D eigenvalue weighted by Gasteiger charge is -2.08. The van der Waals surface area contributed by atoms with Gasteiger partial charge >= 0.3 is 5.97 Å². The van der Waals surface area contributed by atoms with Crippen LogP contribution in [0.5, 0.6) is 5.75 Å². The summed E-state index contributed by atoms with van der Waals surface area (Å²) >= 11 is 0. The first-order chi connectivity index (χ1) is 8.17. The highest BCUT2D eigenvalue weighted by atomic mass is 16.5. The average molecular weight is 234 g/mol. The van der Waals surface area contributed by atoms with E-state index in [0.29, 0.717) is 17.9 Å². The molecule has 4 nitrogen and oxygen atoms in total. The van der Waals surface area contributed by atoms with Crippen LogP contribution in [0.2, 0.25) is 0 Å². The van der Waals surface area contributed by atoms with Gasteiger partial charge < -0.3 is 9.47 Å². The normalized spacial score (nSPS) is 9.47. The summed E-state index contributed by atoms with van der Waals surface area (Å²) in [6.07, 6.45) is 0.729. The second-order valence-electron chi connectivity index (χ2n) is 3.30. The maximum atomic E-state index is 11.2. The quantitative estimate of drug-likeness (QED) is 0.429.